The second-order valence-electron chi connectivity index (χ2n) is 5.29. The maximum atomic E-state index is 13.8. The topological polar surface area (TPSA) is 29.1 Å². The van der Waals surface area contributed by atoms with Crippen molar-refractivity contribution in [2.45, 2.75) is 39.0 Å². The highest BCUT2D eigenvalue weighted by atomic mass is 19.1. The lowest BCUT2D eigenvalue weighted by molar-refractivity contribution is -0.116. The van der Waals surface area contributed by atoms with Gasteiger partial charge in [0.25, 0.3) is 0 Å². The highest BCUT2D eigenvalue weighted by molar-refractivity contribution is 5.93. The number of nitrogens with one attached hydrogen (secondary N) is 1. The maximum Gasteiger partial charge on any atom is 0.224 e. The van der Waals surface area contributed by atoms with Crippen LogP contribution in [-0.2, 0) is 16.6 Å². The van der Waals surface area contributed by atoms with Crippen molar-refractivity contribution in [2.75, 3.05) is 5.32 Å². The number of aryl methyl sites for hydroxylation is 1. The van der Waals surface area contributed by atoms with Crippen molar-refractivity contribution >= 4 is 11.6 Å². The molecule has 0 aliphatic carbocycles. The molecule has 0 aromatic heterocycles. The summed E-state index contributed by atoms with van der Waals surface area (Å²) in [6.45, 7) is 5.96. The number of anilines is 1. The van der Waals surface area contributed by atoms with Crippen LogP contribution in [0, 0.1) is 5.82 Å². The van der Waals surface area contributed by atoms with Gasteiger partial charge in [0, 0.05) is 12.1 Å². The van der Waals surface area contributed by atoms with Gasteiger partial charge in [-0.1, -0.05) is 26.8 Å². The fourth-order valence-electron chi connectivity index (χ4n) is 1.98. The molecule has 1 N–H and O–H groups in total. The smallest absolute Gasteiger partial charge is 0.224 e. The van der Waals surface area contributed by atoms with Gasteiger partial charge < -0.3 is 5.32 Å². The monoisotopic (exact) mass is 221 g/mol. The lowest BCUT2D eigenvalue weighted by atomic mass is 9.84. The third-order valence-electron chi connectivity index (χ3n) is 2.90. The van der Waals surface area contributed by atoms with Crippen molar-refractivity contribution in [1.82, 2.24) is 0 Å². The largest absolute Gasteiger partial charge is 0.326 e. The number of carbonyl (C=O) groups is 1. The minimum Gasteiger partial charge on any atom is -0.326 e. The average Bonchev–Trinajstić information content (AvgIpc) is 2.14. The number of benzene rings is 1. The molecule has 1 aliphatic heterocycles. The summed E-state index contributed by atoms with van der Waals surface area (Å²) in [5, 5.41) is 2.70. The van der Waals surface area contributed by atoms with E-state index < -0.39 is 0 Å². The van der Waals surface area contributed by atoms with E-state index in [1.807, 2.05) is 26.8 Å². The van der Waals surface area contributed by atoms with Crippen LogP contribution in [0.25, 0.3) is 0 Å². The molecule has 0 saturated heterocycles. The summed E-state index contributed by atoms with van der Waals surface area (Å²) in [7, 11) is 0. The molecule has 1 aliphatic rings. The summed E-state index contributed by atoms with van der Waals surface area (Å²) < 4.78 is 13.8. The van der Waals surface area contributed by atoms with Gasteiger partial charge in [-0.2, -0.15) is 0 Å². The number of amides is 1. The predicted molar refractivity (Wildman–Crippen MR) is 62.1 cm³/mol. The Bertz CT molecular complexity index is 446. The molecule has 0 radical (unpaired) electrons. The van der Waals surface area contributed by atoms with E-state index in [4.69, 9.17) is 0 Å². The minimum absolute atomic E-state index is 0.0320. The summed E-state index contributed by atoms with van der Waals surface area (Å²) in [6, 6.07) is 3.32. The zero-order valence-corrected chi connectivity index (χ0v) is 9.86. The van der Waals surface area contributed by atoms with E-state index in [1.54, 1.807) is 0 Å². The number of halogens is 1. The van der Waals surface area contributed by atoms with Crippen molar-refractivity contribution in [2.24, 2.45) is 0 Å². The third kappa shape index (κ3) is 1.94. The lowest BCUT2D eigenvalue weighted by Gasteiger charge is -2.24. The molecule has 1 amide bonds. The fraction of sp³-hybridized carbons (Fsp3) is 0.462. The van der Waals surface area contributed by atoms with E-state index in [-0.39, 0.29) is 17.1 Å². The standard InChI is InChI=1S/C13H16FNO/c1-13(2,3)9-6-8-4-5-12(16)15-11(8)7-10(9)14/h6-7H,4-5H2,1-3H3,(H,15,16). The second-order valence-corrected chi connectivity index (χ2v) is 5.29. The molecule has 2 nitrogen and oxygen atoms in total. The van der Waals surface area contributed by atoms with Crippen molar-refractivity contribution in [3.63, 3.8) is 0 Å². The van der Waals surface area contributed by atoms with Gasteiger partial charge >= 0.3 is 0 Å². The first-order valence-corrected chi connectivity index (χ1v) is 5.50. The van der Waals surface area contributed by atoms with Gasteiger partial charge in [0.2, 0.25) is 5.91 Å². The van der Waals surface area contributed by atoms with Gasteiger partial charge in [0.15, 0.2) is 0 Å². The summed E-state index contributed by atoms with van der Waals surface area (Å²) in [5.74, 6) is -0.274. The van der Waals surface area contributed by atoms with Crippen LogP contribution in [-0.4, -0.2) is 5.91 Å². The molecule has 0 saturated carbocycles. The SMILES string of the molecule is CC(C)(C)c1cc2c(cc1F)NC(=O)CC2. The van der Waals surface area contributed by atoms with Gasteiger partial charge in [0.1, 0.15) is 5.82 Å². The Morgan fingerprint density at radius 3 is 2.56 bits per heavy atom. The highest BCUT2D eigenvalue weighted by Gasteiger charge is 2.23. The number of fused-ring (bicyclic) bond motifs is 1. The van der Waals surface area contributed by atoms with Crippen LogP contribution in [0.3, 0.4) is 0 Å². The van der Waals surface area contributed by atoms with Crippen LogP contribution in [0.2, 0.25) is 0 Å². The lowest BCUT2D eigenvalue weighted by Crippen LogP contribution is -2.21. The molecule has 0 spiro atoms. The van der Waals surface area contributed by atoms with Crippen LogP contribution in [0.15, 0.2) is 12.1 Å². The zero-order chi connectivity index (χ0) is 11.9. The molecule has 3 heteroatoms. The van der Waals surface area contributed by atoms with Crippen LogP contribution in [0.1, 0.15) is 38.3 Å². The van der Waals surface area contributed by atoms with Gasteiger partial charge in [-0.25, -0.2) is 4.39 Å². The van der Waals surface area contributed by atoms with E-state index in [1.165, 1.54) is 6.07 Å². The molecule has 16 heavy (non-hydrogen) atoms. The molecule has 0 fully saturated rings. The number of hydrogen-bond acceptors (Lipinski definition) is 1. The van der Waals surface area contributed by atoms with E-state index in [9.17, 15) is 9.18 Å². The molecular formula is C13H16FNO. The van der Waals surface area contributed by atoms with Gasteiger partial charge in [0.05, 0.1) is 0 Å². The first kappa shape index (κ1) is 11.1. The van der Waals surface area contributed by atoms with Crippen molar-refractivity contribution in [1.29, 1.82) is 0 Å². The maximum absolute atomic E-state index is 13.8. The van der Waals surface area contributed by atoms with Crippen LogP contribution >= 0.6 is 0 Å². The van der Waals surface area contributed by atoms with Crippen LogP contribution in [0.5, 0.6) is 0 Å². The molecule has 1 aromatic carbocycles. The number of hydrogen-bond donors (Lipinski definition) is 1. The summed E-state index contributed by atoms with van der Waals surface area (Å²) in [6.07, 6.45) is 1.19. The van der Waals surface area contributed by atoms with E-state index in [2.05, 4.69) is 5.32 Å². The first-order chi connectivity index (χ1) is 7.38. The Balaban J connectivity index is 2.50. The summed E-state index contributed by atoms with van der Waals surface area (Å²) in [4.78, 5) is 11.2. The van der Waals surface area contributed by atoms with Crippen molar-refractivity contribution in [3.8, 4) is 0 Å². The second kappa shape index (κ2) is 3.58. The van der Waals surface area contributed by atoms with E-state index >= 15 is 0 Å². The summed E-state index contributed by atoms with van der Waals surface area (Å²) >= 11 is 0. The van der Waals surface area contributed by atoms with Crippen LogP contribution in [0.4, 0.5) is 10.1 Å². The minimum atomic E-state index is -0.242. The molecule has 1 aromatic rings. The molecule has 0 atom stereocenters. The molecule has 86 valence electrons. The Morgan fingerprint density at radius 2 is 1.94 bits per heavy atom. The van der Waals surface area contributed by atoms with Gasteiger partial charge in [-0.3, -0.25) is 4.79 Å². The third-order valence-corrected chi connectivity index (χ3v) is 2.90. The Morgan fingerprint density at radius 1 is 1.25 bits per heavy atom. The molecular weight excluding hydrogens is 205 g/mol. The normalized spacial score (nSPS) is 15.6. The Hall–Kier alpha value is -1.38. The molecule has 1 heterocycles. The van der Waals surface area contributed by atoms with Crippen molar-refractivity contribution in [3.05, 3.63) is 29.1 Å². The van der Waals surface area contributed by atoms with E-state index in [0.717, 1.165) is 5.56 Å². The molecule has 2 rings (SSSR count). The molecule has 0 bridgehead atoms. The predicted octanol–water partition coefficient (Wildman–Crippen LogP) is 3.01. The van der Waals surface area contributed by atoms with E-state index in [0.29, 0.717) is 24.1 Å². The van der Waals surface area contributed by atoms with Gasteiger partial charge in [-0.05, 0) is 29.0 Å². The fourth-order valence-corrected chi connectivity index (χ4v) is 1.98. The Labute approximate surface area is 94.9 Å². The Kier molecular flexibility index (Phi) is 2.49. The number of rotatable bonds is 0. The van der Waals surface area contributed by atoms with Crippen LogP contribution < -0.4 is 5.32 Å². The summed E-state index contributed by atoms with van der Waals surface area (Å²) in [5.41, 5.74) is 2.16. The average molecular weight is 221 g/mol. The highest BCUT2D eigenvalue weighted by Crippen LogP contribution is 2.32. The van der Waals surface area contributed by atoms with Gasteiger partial charge in [-0.15, -0.1) is 0 Å². The number of carbonyl (C=O) groups excluding carboxylic acids is 1. The quantitative estimate of drug-likeness (QED) is 0.717. The van der Waals surface area contributed by atoms with Crippen molar-refractivity contribution < 1.29 is 9.18 Å². The first-order valence-electron chi connectivity index (χ1n) is 5.50. The zero-order valence-electron chi connectivity index (χ0n) is 9.86. The molecule has 0 unspecified atom stereocenters.